The average molecular weight is 535 g/mol. The molecule has 1 amide bonds. The Morgan fingerprint density at radius 3 is 2.38 bits per heavy atom. The van der Waals surface area contributed by atoms with Crippen molar-refractivity contribution in [3.8, 4) is 22.5 Å². The Kier molecular flexibility index (Phi) is 8.52. The molecule has 0 unspecified atom stereocenters. The maximum atomic E-state index is 12.7. The van der Waals surface area contributed by atoms with Crippen molar-refractivity contribution in [2.45, 2.75) is 39.2 Å². The summed E-state index contributed by atoms with van der Waals surface area (Å²) in [5.74, 6) is 1.77. The highest BCUT2D eigenvalue weighted by atomic mass is 16.3. The van der Waals surface area contributed by atoms with E-state index in [2.05, 4.69) is 34.4 Å². The van der Waals surface area contributed by atoms with Gasteiger partial charge in [-0.05, 0) is 35.6 Å². The molecule has 0 saturated carbocycles. The number of fused-ring (bicyclic) bond motifs is 1. The molecule has 0 spiro atoms. The Balaban J connectivity index is 1.58. The van der Waals surface area contributed by atoms with Crippen LogP contribution in [0.3, 0.4) is 0 Å². The van der Waals surface area contributed by atoms with Crippen LogP contribution in [0, 0.1) is 5.92 Å². The number of anilines is 2. The Hall–Kier alpha value is -4.49. The van der Waals surface area contributed by atoms with E-state index in [0.717, 1.165) is 35.1 Å². The Morgan fingerprint density at radius 1 is 0.925 bits per heavy atom. The van der Waals surface area contributed by atoms with Crippen molar-refractivity contribution in [1.82, 2.24) is 9.97 Å². The summed E-state index contributed by atoms with van der Waals surface area (Å²) < 4.78 is 6.36. The molecule has 0 radical (unpaired) electrons. The number of benzene rings is 3. The van der Waals surface area contributed by atoms with E-state index in [0.29, 0.717) is 40.7 Å². The topological polar surface area (TPSA) is 100 Å². The number of rotatable bonds is 11. The van der Waals surface area contributed by atoms with Gasteiger partial charge in [-0.2, -0.15) is 0 Å². The van der Waals surface area contributed by atoms with Gasteiger partial charge >= 0.3 is 0 Å². The van der Waals surface area contributed by atoms with Crippen molar-refractivity contribution >= 4 is 28.5 Å². The van der Waals surface area contributed by atoms with Crippen molar-refractivity contribution < 1.29 is 14.3 Å². The number of aromatic nitrogens is 2. The van der Waals surface area contributed by atoms with Crippen molar-refractivity contribution in [3.63, 3.8) is 0 Å². The first-order valence-electron chi connectivity index (χ1n) is 13.7. The zero-order valence-electron chi connectivity index (χ0n) is 22.8. The van der Waals surface area contributed by atoms with Crippen LogP contribution in [0.15, 0.2) is 95.7 Å². The predicted octanol–water partition coefficient (Wildman–Crippen LogP) is 7.47. The van der Waals surface area contributed by atoms with E-state index in [1.807, 2.05) is 84.9 Å². The molecule has 0 aliphatic rings. The molecule has 5 aromatic rings. The lowest BCUT2D eigenvalue weighted by molar-refractivity contribution is -0.116. The largest absolute Gasteiger partial charge is 0.437 e. The first-order valence-corrected chi connectivity index (χ1v) is 13.7. The number of aliphatic hydroxyl groups excluding tert-OH is 1. The van der Waals surface area contributed by atoms with E-state index in [4.69, 9.17) is 4.42 Å². The fourth-order valence-electron chi connectivity index (χ4n) is 4.84. The van der Waals surface area contributed by atoms with Crippen molar-refractivity contribution in [1.29, 1.82) is 0 Å². The Bertz CT molecular complexity index is 1570. The van der Waals surface area contributed by atoms with Gasteiger partial charge in [0.05, 0.1) is 18.0 Å². The molecule has 3 N–H and O–H groups in total. The number of carbonyl (C=O) groups excluding carboxylic acids is 1. The third kappa shape index (κ3) is 6.21. The average Bonchev–Trinajstić information content (AvgIpc) is 3.37. The maximum Gasteiger partial charge on any atom is 0.232 e. The van der Waals surface area contributed by atoms with E-state index in [-0.39, 0.29) is 18.6 Å². The minimum atomic E-state index is -0.376. The number of nitrogens with zero attached hydrogens (tertiary/aromatic N) is 2. The summed E-state index contributed by atoms with van der Waals surface area (Å²) in [6.45, 7) is 4.21. The van der Waals surface area contributed by atoms with Gasteiger partial charge < -0.3 is 20.2 Å². The maximum absolute atomic E-state index is 12.7. The number of nitrogens with one attached hydrogen (secondary N) is 2. The molecule has 2 aromatic heterocycles. The first-order chi connectivity index (χ1) is 19.5. The van der Waals surface area contributed by atoms with Crippen LogP contribution < -0.4 is 10.6 Å². The van der Waals surface area contributed by atoms with E-state index >= 15 is 0 Å². The minimum Gasteiger partial charge on any atom is -0.437 e. The molecule has 40 heavy (non-hydrogen) atoms. The molecular formula is C33H34N4O3. The summed E-state index contributed by atoms with van der Waals surface area (Å²) in [5.41, 5.74) is 4.64. The molecule has 0 fully saturated rings. The molecule has 2 heterocycles. The summed E-state index contributed by atoms with van der Waals surface area (Å²) in [6, 6.07) is 27.0. The van der Waals surface area contributed by atoms with Crippen LogP contribution in [0.5, 0.6) is 0 Å². The van der Waals surface area contributed by atoms with Gasteiger partial charge in [0.15, 0.2) is 0 Å². The van der Waals surface area contributed by atoms with Crippen LogP contribution in [-0.4, -0.2) is 27.6 Å². The minimum absolute atomic E-state index is 0.00234. The van der Waals surface area contributed by atoms with Crippen LogP contribution in [0.1, 0.15) is 44.7 Å². The van der Waals surface area contributed by atoms with Crippen LogP contribution in [0.2, 0.25) is 0 Å². The van der Waals surface area contributed by atoms with E-state index in [1.165, 1.54) is 6.33 Å². The lowest BCUT2D eigenvalue weighted by Gasteiger charge is -2.18. The second-order valence-electron chi connectivity index (χ2n) is 10.3. The van der Waals surface area contributed by atoms with Gasteiger partial charge in [0.25, 0.3) is 0 Å². The van der Waals surface area contributed by atoms with Gasteiger partial charge in [-0.1, -0.05) is 93.1 Å². The number of carbonyl (C=O) groups is 1. The fourth-order valence-corrected chi connectivity index (χ4v) is 4.84. The normalized spacial score (nSPS) is 12.0. The van der Waals surface area contributed by atoms with Crippen LogP contribution >= 0.6 is 0 Å². The van der Waals surface area contributed by atoms with Gasteiger partial charge in [-0.15, -0.1) is 0 Å². The number of hydrogen-bond acceptors (Lipinski definition) is 6. The standard InChI is InChI=1S/C33H34N4O3/c1-22(2)11-9-18-28(39)36-26-17-10-16-25(19-26)29-30-32(37-27(20-38)23-12-5-3-6-13-23)34-21-35-33(30)40-31(29)24-14-7-4-8-15-24/h3-8,10,12-17,19,21-22,27,38H,9,11,18,20H2,1-2H3,(H,36,39)(H,34,35,37)/t27-/m1/s1. The zero-order valence-corrected chi connectivity index (χ0v) is 22.8. The molecule has 0 aliphatic heterocycles. The first kappa shape index (κ1) is 27.1. The number of aliphatic hydroxyl groups is 1. The second-order valence-corrected chi connectivity index (χ2v) is 10.3. The lowest BCUT2D eigenvalue weighted by Crippen LogP contribution is -2.16. The van der Waals surface area contributed by atoms with Gasteiger partial charge in [-0.3, -0.25) is 4.79 Å². The fraction of sp³-hybridized carbons (Fsp3) is 0.242. The molecule has 3 aromatic carbocycles. The van der Waals surface area contributed by atoms with Crippen LogP contribution in [0.4, 0.5) is 11.5 Å². The van der Waals surface area contributed by atoms with Gasteiger partial charge in [0.2, 0.25) is 11.6 Å². The van der Waals surface area contributed by atoms with Crippen molar-refractivity contribution in [2.24, 2.45) is 5.92 Å². The number of amides is 1. The predicted molar refractivity (Wildman–Crippen MR) is 160 cm³/mol. The smallest absolute Gasteiger partial charge is 0.232 e. The lowest BCUT2D eigenvalue weighted by atomic mass is 9.98. The Labute approximate surface area is 234 Å². The highest BCUT2D eigenvalue weighted by Crippen LogP contribution is 2.43. The summed E-state index contributed by atoms with van der Waals surface area (Å²) in [5, 5.41) is 17.4. The molecule has 0 saturated heterocycles. The molecule has 5 rings (SSSR count). The van der Waals surface area contributed by atoms with Gasteiger partial charge in [0.1, 0.15) is 17.9 Å². The van der Waals surface area contributed by atoms with E-state index in [1.54, 1.807) is 0 Å². The molecule has 0 bridgehead atoms. The van der Waals surface area contributed by atoms with Crippen LogP contribution in [-0.2, 0) is 4.79 Å². The third-order valence-electron chi connectivity index (χ3n) is 6.84. The SMILES string of the molecule is CC(C)CCCC(=O)Nc1cccc(-c2c(-c3ccccc3)oc3ncnc(N[C@H](CO)c4ccccc4)c23)c1. The second kappa shape index (κ2) is 12.6. The van der Waals surface area contributed by atoms with Crippen LogP contribution in [0.25, 0.3) is 33.6 Å². The highest BCUT2D eigenvalue weighted by molar-refractivity contribution is 6.06. The summed E-state index contributed by atoms with van der Waals surface area (Å²) in [6.07, 6.45) is 3.81. The van der Waals surface area contributed by atoms with Gasteiger partial charge in [0, 0.05) is 23.2 Å². The van der Waals surface area contributed by atoms with Gasteiger partial charge in [-0.25, -0.2) is 9.97 Å². The molecule has 7 heteroatoms. The third-order valence-corrected chi connectivity index (χ3v) is 6.84. The summed E-state index contributed by atoms with van der Waals surface area (Å²) >= 11 is 0. The summed E-state index contributed by atoms with van der Waals surface area (Å²) in [7, 11) is 0. The number of hydrogen-bond donors (Lipinski definition) is 3. The molecular weight excluding hydrogens is 500 g/mol. The van der Waals surface area contributed by atoms with E-state index < -0.39 is 0 Å². The van der Waals surface area contributed by atoms with Crippen molar-refractivity contribution in [3.05, 3.63) is 96.8 Å². The molecule has 7 nitrogen and oxygen atoms in total. The molecule has 1 atom stereocenters. The quantitative estimate of drug-likeness (QED) is 0.163. The highest BCUT2D eigenvalue weighted by Gasteiger charge is 2.24. The molecule has 204 valence electrons. The van der Waals surface area contributed by atoms with E-state index in [9.17, 15) is 9.90 Å². The monoisotopic (exact) mass is 534 g/mol. The molecule has 0 aliphatic carbocycles. The van der Waals surface area contributed by atoms with Crippen molar-refractivity contribution in [2.75, 3.05) is 17.2 Å². The summed E-state index contributed by atoms with van der Waals surface area (Å²) in [4.78, 5) is 21.7. The Morgan fingerprint density at radius 2 is 1.65 bits per heavy atom. The number of furan rings is 1. The zero-order chi connectivity index (χ0) is 27.9.